The highest BCUT2D eigenvalue weighted by Gasteiger charge is 2.18. The summed E-state index contributed by atoms with van der Waals surface area (Å²) in [4.78, 5) is 3.68. The first-order valence-corrected chi connectivity index (χ1v) is 5.45. The van der Waals surface area contributed by atoms with E-state index in [9.17, 15) is 8.78 Å². The zero-order chi connectivity index (χ0) is 13.1. The first-order chi connectivity index (χ1) is 8.63. The van der Waals surface area contributed by atoms with E-state index < -0.39 is 11.9 Å². The van der Waals surface area contributed by atoms with E-state index in [1.165, 1.54) is 24.4 Å². The van der Waals surface area contributed by atoms with Crippen LogP contribution in [0, 0.1) is 18.6 Å². The van der Waals surface area contributed by atoms with Gasteiger partial charge in [0.05, 0.1) is 12.2 Å². The monoisotopic (exact) mass is 249 g/mol. The minimum atomic E-state index is -0.608. The smallest absolute Gasteiger partial charge is 0.146 e. The average molecular weight is 249 g/mol. The van der Waals surface area contributed by atoms with Crippen molar-refractivity contribution in [3.05, 3.63) is 65.0 Å². The van der Waals surface area contributed by atoms with Gasteiger partial charge in [0.25, 0.3) is 0 Å². The molecule has 18 heavy (non-hydrogen) atoms. The van der Waals surface area contributed by atoms with Gasteiger partial charge in [0, 0.05) is 11.8 Å². The van der Waals surface area contributed by atoms with Gasteiger partial charge in [-0.3, -0.25) is 10.8 Å². The number of pyridine rings is 1. The van der Waals surface area contributed by atoms with E-state index in [0.29, 0.717) is 11.1 Å². The van der Waals surface area contributed by atoms with Gasteiger partial charge in [0.1, 0.15) is 11.6 Å². The lowest BCUT2D eigenvalue weighted by molar-refractivity contribution is 0.550. The standard InChI is InChI=1S/C13H13F2N3/c1-8-2-3-9(14)6-11(8)13(18-16)10-4-5-17-7-12(10)15/h2-7,13,18H,16H2,1H3. The number of hydrazine groups is 1. The highest BCUT2D eigenvalue weighted by molar-refractivity contribution is 5.36. The normalized spacial score (nSPS) is 12.4. The predicted molar refractivity (Wildman–Crippen MR) is 64.5 cm³/mol. The summed E-state index contributed by atoms with van der Waals surface area (Å²) in [5.74, 6) is 4.60. The van der Waals surface area contributed by atoms with E-state index in [2.05, 4.69) is 10.4 Å². The second-order valence-electron chi connectivity index (χ2n) is 4.00. The van der Waals surface area contributed by atoms with Crippen LogP contribution in [-0.4, -0.2) is 4.98 Å². The number of halogens is 2. The van der Waals surface area contributed by atoms with Crippen molar-refractivity contribution in [2.24, 2.45) is 5.84 Å². The number of rotatable bonds is 3. The summed E-state index contributed by atoms with van der Waals surface area (Å²) < 4.78 is 27.0. The lowest BCUT2D eigenvalue weighted by atomic mass is 9.96. The fourth-order valence-electron chi connectivity index (χ4n) is 1.89. The molecule has 3 N–H and O–H groups in total. The lowest BCUT2D eigenvalue weighted by Gasteiger charge is -2.19. The number of benzene rings is 1. The van der Waals surface area contributed by atoms with E-state index in [1.807, 2.05) is 6.92 Å². The van der Waals surface area contributed by atoms with Gasteiger partial charge < -0.3 is 0 Å². The minimum Gasteiger partial charge on any atom is -0.271 e. The maximum absolute atomic E-state index is 13.7. The molecule has 0 aliphatic heterocycles. The number of nitrogens with one attached hydrogen (secondary N) is 1. The zero-order valence-corrected chi connectivity index (χ0v) is 9.82. The molecular formula is C13H13F2N3. The molecule has 0 saturated heterocycles. The van der Waals surface area contributed by atoms with Gasteiger partial charge in [-0.2, -0.15) is 0 Å². The Hall–Kier alpha value is -1.85. The molecule has 0 spiro atoms. The molecule has 0 radical (unpaired) electrons. The summed E-state index contributed by atoms with van der Waals surface area (Å²) in [5.41, 5.74) is 4.27. The number of aromatic nitrogens is 1. The fourth-order valence-corrected chi connectivity index (χ4v) is 1.89. The number of hydrogen-bond acceptors (Lipinski definition) is 3. The summed E-state index contributed by atoms with van der Waals surface area (Å²) >= 11 is 0. The van der Waals surface area contributed by atoms with Crippen LogP contribution in [0.25, 0.3) is 0 Å². The third-order valence-electron chi connectivity index (χ3n) is 2.83. The van der Waals surface area contributed by atoms with Crippen LogP contribution in [0.5, 0.6) is 0 Å². The van der Waals surface area contributed by atoms with Crippen molar-refractivity contribution < 1.29 is 8.78 Å². The largest absolute Gasteiger partial charge is 0.271 e. The molecule has 0 saturated carbocycles. The molecule has 0 bridgehead atoms. The van der Waals surface area contributed by atoms with Crippen LogP contribution < -0.4 is 11.3 Å². The van der Waals surface area contributed by atoms with Crippen LogP contribution in [0.4, 0.5) is 8.78 Å². The summed E-state index contributed by atoms with van der Waals surface area (Å²) in [7, 11) is 0. The fraction of sp³-hybridized carbons (Fsp3) is 0.154. The molecule has 0 aliphatic rings. The molecule has 1 unspecified atom stereocenters. The Bertz CT molecular complexity index is 558. The topological polar surface area (TPSA) is 50.9 Å². The molecular weight excluding hydrogens is 236 g/mol. The molecule has 1 aromatic heterocycles. The maximum atomic E-state index is 13.7. The third kappa shape index (κ3) is 2.37. The van der Waals surface area contributed by atoms with Gasteiger partial charge in [-0.05, 0) is 36.2 Å². The van der Waals surface area contributed by atoms with E-state index in [-0.39, 0.29) is 5.82 Å². The molecule has 0 fully saturated rings. The first kappa shape index (κ1) is 12.6. The number of nitrogens with zero attached hydrogens (tertiary/aromatic N) is 1. The van der Waals surface area contributed by atoms with Crippen molar-refractivity contribution in [1.82, 2.24) is 10.4 Å². The molecule has 1 atom stereocenters. The van der Waals surface area contributed by atoms with Gasteiger partial charge >= 0.3 is 0 Å². The molecule has 2 rings (SSSR count). The Morgan fingerprint density at radius 3 is 2.67 bits per heavy atom. The van der Waals surface area contributed by atoms with Crippen LogP contribution in [-0.2, 0) is 0 Å². The molecule has 94 valence electrons. The van der Waals surface area contributed by atoms with Crippen LogP contribution in [0.2, 0.25) is 0 Å². The Kier molecular flexibility index (Phi) is 3.64. The summed E-state index contributed by atoms with van der Waals surface area (Å²) in [6.07, 6.45) is 2.58. The van der Waals surface area contributed by atoms with E-state index in [4.69, 9.17) is 5.84 Å². The number of nitrogens with two attached hydrogens (primary N) is 1. The van der Waals surface area contributed by atoms with E-state index in [0.717, 1.165) is 11.8 Å². The van der Waals surface area contributed by atoms with Crippen molar-refractivity contribution in [3.63, 3.8) is 0 Å². The molecule has 1 aromatic carbocycles. The van der Waals surface area contributed by atoms with E-state index >= 15 is 0 Å². The molecule has 1 heterocycles. The average Bonchev–Trinajstić information content (AvgIpc) is 2.36. The van der Waals surface area contributed by atoms with Crippen molar-refractivity contribution in [1.29, 1.82) is 0 Å². The van der Waals surface area contributed by atoms with Gasteiger partial charge in [0.15, 0.2) is 0 Å². The Morgan fingerprint density at radius 2 is 2.00 bits per heavy atom. The van der Waals surface area contributed by atoms with E-state index in [1.54, 1.807) is 6.07 Å². The summed E-state index contributed by atoms with van der Waals surface area (Å²) in [6, 6.07) is 5.25. The Labute approximate surface area is 104 Å². The van der Waals surface area contributed by atoms with Gasteiger partial charge in [-0.25, -0.2) is 14.2 Å². The van der Waals surface area contributed by atoms with Crippen molar-refractivity contribution >= 4 is 0 Å². The third-order valence-corrected chi connectivity index (χ3v) is 2.83. The van der Waals surface area contributed by atoms with Crippen LogP contribution >= 0.6 is 0 Å². The second kappa shape index (κ2) is 5.20. The van der Waals surface area contributed by atoms with Gasteiger partial charge in [-0.15, -0.1) is 0 Å². The quantitative estimate of drug-likeness (QED) is 0.647. The first-order valence-electron chi connectivity index (χ1n) is 5.45. The molecule has 2 aromatic rings. The Morgan fingerprint density at radius 1 is 1.22 bits per heavy atom. The van der Waals surface area contributed by atoms with Gasteiger partial charge in [-0.1, -0.05) is 6.07 Å². The van der Waals surface area contributed by atoms with Crippen LogP contribution in [0.15, 0.2) is 36.7 Å². The van der Waals surface area contributed by atoms with Crippen molar-refractivity contribution in [3.8, 4) is 0 Å². The number of hydrogen-bond donors (Lipinski definition) is 2. The highest BCUT2D eigenvalue weighted by atomic mass is 19.1. The highest BCUT2D eigenvalue weighted by Crippen LogP contribution is 2.26. The van der Waals surface area contributed by atoms with Crippen molar-refractivity contribution in [2.75, 3.05) is 0 Å². The number of aryl methyl sites for hydroxylation is 1. The maximum Gasteiger partial charge on any atom is 0.146 e. The lowest BCUT2D eigenvalue weighted by Crippen LogP contribution is -2.30. The van der Waals surface area contributed by atoms with Crippen LogP contribution in [0.3, 0.4) is 0 Å². The zero-order valence-electron chi connectivity index (χ0n) is 9.82. The molecule has 0 aliphatic carbocycles. The second-order valence-corrected chi connectivity index (χ2v) is 4.00. The summed E-state index contributed by atoms with van der Waals surface area (Å²) in [5, 5.41) is 0. The van der Waals surface area contributed by atoms with Gasteiger partial charge in [0.2, 0.25) is 0 Å². The Balaban J connectivity index is 2.52. The van der Waals surface area contributed by atoms with Crippen LogP contribution in [0.1, 0.15) is 22.7 Å². The molecule has 3 nitrogen and oxygen atoms in total. The molecule has 5 heteroatoms. The molecule has 0 amide bonds. The van der Waals surface area contributed by atoms with Crippen molar-refractivity contribution in [2.45, 2.75) is 13.0 Å². The minimum absolute atomic E-state index is 0.334. The summed E-state index contributed by atoms with van der Waals surface area (Å²) in [6.45, 7) is 1.82. The SMILES string of the molecule is Cc1ccc(F)cc1C(NN)c1ccncc1F. The predicted octanol–water partition coefficient (Wildman–Crippen LogP) is 2.22.